The van der Waals surface area contributed by atoms with E-state index in [-0.39, 0.29) is 12.1 Å². The molecule has 1 aliphatic carbocycles. The molecule has 19 heavy (non-hydrogen) atoms. The van der Waals surface area contributed by atoms with Crippen molar-refractivity contribution in [2.75, 3.05) is 27.2 Å². The van der Waals surface area contributed by atoms with E-state index in [4.69, 9.17) is 10.5 Å². The predicted octanol–water partition coefficient (Wildman–Crippen LogP) is 1.40. The van der Waals surface area contributed by atoms with Gasteiger partial charge in [-0.25, -0.2) is 0 Å². The van der Waals surface area contributed by atoms with E-state index in [1.165, 1.54) is 0 Å². The Balaban J connectivity index is 2.05. The molecule has 1 aromatic carbocycles. The molecule has 0 radical (unpaired) electrons. The van der Waals surface area contributed by atoms with Crippen molar-refractivity contribution in [2.24, 2.45) is 11.7 Å². The van der Waals surface area contributed by atoms with Crippen LogP contribution in [0.15, 0.2) is 24.3 Å². The monoisotopic (exact) mass is 264 g/mol. The number of hydrogen-bond donors (Lipinski definition) is 2. The highest BCUT2D eigenvalue weighted by molar-refractivity contribution is 5.36. The van der Waals surface area contributed by atoms with Crippen molar-refractivity contribution < 1.29 is 9.84 Å². The summed E-state index contributed by atoms with van der Waals surface area (Å²) in [5.74, 6) is 1.47. The van der Waals surface area contributed by atoms with Crippen LogP contribution in [0.25, 0.3) is 0 Å². The first-order valence-corrected chi connectivity index (χ1v) is 6.87. The van der Waals surface area contributed by atoms with Gasteiger partial charge in [0, 0.05) is 18.7 Å². The second kappa shape index (κ2) is 6.37. The van der Waals surface area contributed by atoms with Gasteiger partial charge in [-0.3, -0.25) is 4.90 Å². The molecule has 0 aliphatic heterocycles. The molecule has 0 aromatic heterocycles. The Kier molecular flexibility index (Phi) is 4.80. The van der Waals surface area contributed by atoms with E-state index in [2.05, 4.69) is 18.0 Å². The summed E-state index contributed by atoms with van der Waals surface area (Å²) in [7, 11) is 3.78. The molecule has 0 amide bonds. The number of methoxy groups -OCH3 is 1. The largest absolute Gasteiger partial charge is 0.496 e. The van der Waals surface area contributed by atoms with E-state index < -0.39 is 0 Å². The molecule has 4 nitrogen and oxygen atoms in total. The first-order valence-electron chi connectivity index (χ1n) is 6.87. The number of hydrogen-bond acceptors (Lipinski definition) is 4. The highest BCUT2D eigenvalue weighted by Gasteiger charge is 2.30. The minimum Gasteiger partial charge on any atom is -0.496 e. The SMILES string of the molecule is COc1ccccc1C(CN)N(C)CC1CC(O)C1. The third kappa shape index (κ3) is 3.26. The molecule has 3 N–H and O–H groups in total. The van der Waals surface area contributed by atoms with Crippen LogP contribution in [0.2, 0.25) is 0 Å². The summed E-state index contributed by atoms with van der Waals surface area (Å²) in [5, 5.41) is 9.36. The minimum atomic E-state index is -0.0963. The van der Waals surface area contributed by atoms with E-state index in [1.54, 1.807) is 7.11 Å². The van der Waals surface area contributed by atoms with Crippen LogP contribution in [0.3, 0.4) is 0 Å². The van der Waals surface area contributed by atoms with Gasteiger partial charge in [-0.1, -0.05) is 18.2 Å². The van der Waals surface area contributed by atoms with Gasteiger partial charge in [0.15, 0.2) is 0 Å². The lowest BCUT2D eigenvalue weighted by Gasteiger charge is -2.37. The van der Waals surface area contributed by atoms with Crippen molar-refractivity contribution in [2.45, 2.75) is 25.0 Å². The predicted molar refractivity (Wildman–Crippen MR) is 76.2 cm³/mol. The number of nitrogens with zero attached hydrogens (tertiary/aromatic N) is 1. The van der Waals surface area contributed by atoms with Crippen LogP contribution in [0.1, 0.15) is 24.4 Å². The summed E-state index contributed by atoms with van der Waals surface area (Å²) in [6.07, 6.45) is 1.72. The Morgan fingerprint density at radius 1 is 1.42 bits per heavy atom. The van der Waals surface area contributed by atoms with Crippen molar-refractivity contribution in [3.05, 3.63) is 29.8 Å². The first kappa shape index (κ1) is 14.3. The Morgan fingerprint density at radius 3 is 2.68 bits per heavy atom. The number of aliphatic hydroxyl groups excluding tert-OH is 1. The number of likely N-dealkylation sites (N-methyl/N-ethyl adjacent to an activating group) is 1. The number of nitrogens with two attached hydrogens (primary N) is 1. The molecular formula is C15H24N2O2. The molecule has 1 saturated carbocycles. The fraction of sp³-hybridized carbons (Fsp3) is 0.600. The average Bonchev–Trinajstić information content (AvgIpc) is 2.38. The quantitative estimate of drug-likeness (QED) is 0.815. The zero-order chi connectivity index (χ0) is 13.8. The average molecular weight is 264 g/mol. The molecule has 4 heteroatoms. The van der Waals surface area contributed by atoms with Crippen molar-refractivity contribution in [3.63, 3.8) is 0 Å². The fourth-order valence-corrected chi connectivity index (χ4v) is 2.87. The molecule has 0 bridgehead atoms. The lowest BCUT2D eigenvalue weighted by Crippen LogP contribution is -2.40. The summed E-state index contributed by atoms with van der Waals surface area (Å²) in [6, 6.07) is 8.19. The summed E-state index contributed by atoms with van der Waals surface area (Å²) in [5.41, 5.74) is 7.08. The molecule has 106 valence electrons. The third-order valence-electron chi connectivity index (χ3n) is 4.01. The van der Waals surface area contributed by atoms with Crippen LogP contribution < -0.4 is 10.5 Å². The zero-order valence-electron chi connectivity index (χ0n) is 11.7. The van der Waals surface area contributed by atoms with Crippen LogP contribution in [0, 0.1) is 5.92 Å². The normalized spacial score (nSPS) is 24.1. The van der Waals surface area contributed by atoms with E-state index in [9.17, 15) is 5.11 Å². The molecule has 1 fully saturated rings. The molecular weight excluding hydrogens is 240 g/mol. The lowest BCUT2D eigenvalue weighted by atomic mass is 9.82. The molecule has 1 aromatic rings. The summed E-state index contributed by atoms with van der Waals surface area (Å²) in [4.78, 5) is 2.27. The van der Waals surface area contributed by atoms with Gasteiger partial charge in [0.1, 0.15) is 5.75 Å². The maximum absolute atomic E-state index is 9.36. The van der Waals surface area contributed by atoms with E-state index >= 15 is 0 Å². The molecule has 0 saturated heterocycles. The standard InChI is InChI=1S/C15H24N2O2/c1-17(10-11-7-12(18)8-11)14(9-16)13-5-3-4-6-15(13)19-2/h3-6,11-12,14,18H,7-10,16H2,1-2H3. The molecule has 0 heterocycles. The summed E-state index contributed by atoms with van der Waals surface area (Å²) >= 11 is 0. The zero-order valence-corrected chi connectivity index (χ0v) is 11.7. The Morgan fingerprint density at radius 2 is 2.11 bits per heavy atom. The second-order valence-electron chi connectivity index (χ2n) is 5.42. The number of ether oxygens (including phenoxy) is 1. The van der Waals surface area contributed by atoms with Gasteiger partial charge < -0.3 is 15.6 Å². The van der Waals surface area contributed by atoms with Crippen molar-refractivity contribution in [1.29, 1.82) is 0 Å². The Bertz CT molecular complexity index is 405. The number of aliphatic hydroxyl groups is 1. The van der Waals surface area contributed by atoms with E-state index in [1.807, 2.05) is 18.2 Å². The van der Waals surface area contributed by atoms with Crippen molar-refractivity contribution in [3.8, 4) is 5.75 Å². The van der Waals surface area contributed by atoms with Gasteiger partial charge in [0.25, 0.3) is 0 Å². The van der Waals surface area contributed by atoms with E-state index in [0.717, 1.165) is 30.7 Å². The van der Waals surface area contributed by atoms with Gasteiger partial charge >= 0.3 is 0 Å². The summed E-state index contributed by atoms with van der Waals surface area (Å²) in [6.45, 7) is 1.53. The number of para-hydroxylation sites is 1. The van der Waals surface area contributed by atoms with Crippen molar-refractivity contribution in [1.82, 2.24) is 4.90 Å². The van der Waals surface area contributed by atoms with Gasteiger partial charge in [-0.05, 0) is 31.9 Å². The molecule has 1 atom stereocenters. The highest BCUT2D eigenvalue weighted by Crippen LogP contribution is 2.32. The minimum absolute atomic E-state index is 0.0963. The van der Waals surface area contributed by atoms with Crippen LogP contribution in [0.5, 0.6) is 5.75 Å². The van der Waals surface area contributed by atoms with Crippen LogP contribution in [-0.4, -0.2) is 43.4 Å². The van der Waals surface area contributed by atoms with Crippen LogP contribution in [0.4, 0.5) is 0 Å². The number of rotatable bonds is 6. The topological polar surface area (TPSA) is 58.7 Å². The van der Waals surface area contributed by atoms with Gasteiger partial charge in [0.2, 0.25) is 0 Å². The molecule has 2 rings (SSSR count). The van der Waals surface area contributed by atoms with Gasteiger partial charge in [0.05, 0.1) is 19.3 Å². The first-order chi connectivity index (χ1) is 9.15. The van der Waals surface area contributed by atoms with Crippen LogP contribution >= 0.6 is 0 Å². The smallest absolute Gasteiger partial charge is 0.123 e. The maximum Gasteiger partial charge on any atom is 0.123 e. The molecule has 1 aliphatic rings. The highest BCUT2D eigenvalue weighted by atomic mass is 16.5. The van der Waals surface area contributed by atoms with Gasteiger partial charge in [-0.15, -0.1) is 0 Å². The van der Waals surface area contributed by atoms with Crippen molar-refractivity contribution >= 4 is 0 Å². The third-order valence-corrected chi connectivity index (χ3v) is 4.01. The summed E-state index contributed by atoms with van der Waals surface area (Å²) < 4.78 is 5.42. The fourth-order valence-electron chi connectivity index (χ4n) is 2.87. The van der Waals surface area contributed by atoms with Gasteiger partial charge in [-0.2, -0.15) is 0 Å². The number of benzene rings is 1. The lowest BCUT2D eigenvalue weighted by molar-refractivity contribution is 0.0223. The second-order valence-corrected chi connectivity index (χ2v) is 5.42. The molecule has 1 unspecified atom stereocenters. The Hall–Kier alpha value is -1.10. The molecule has 0 spiro atoms. The maximum atomic E-state index is 9.36. The van der Waals surface area contributed by atoms with Crippen LogP contribution in [-0.2, 0) is 0 Å². The Labute approximate surface area is 115 Å². The van der Waals surface area contributed by atoms with E-state index in [0.29, 0.717) is 12.5 Å².